The van der Waals surface area contributed by atoms with Crippen LogP contribution in [0.4, 0.5) is 13.2 Å². The molecule has 26 heavy (non-hydrogen) atoms. The van der Waals surface area contributed by atoms with Crippen molar-refractivity contribution in [3.63, 3.8) is 0 Å². The van der Waals surface area contributed by atoms with Crippen molar-refractivity contribution in [3.05, 3.63) is 0 Å². The lowest BCUT2D eigenvalue weighted by atomic mass is 9.74. The Bertz CT molecular complexity index is 322. The highest BCUT2D eigenvalue weighted by Crippen LogP contribution is 2.36. The highest BCUT2D eigenvalue weighted by molar-refractivity contribution is 4.82. The molecule has 0 amide bonds. The van der Waals surface area contributed by atoms with Crippen LogP contribution in [0, 0.1) is 11.8 Å². The Morgan fingerprint density at radius 1 is 0.769 bits per heavy atom. The van der Waals surface area contributed by atoms with Crippen LogP contribution in [0.2, 0.25) is 0 Å². The van der Waals surface area contributed by atoms with Crippen molar-refractivity contribution in [2.75, 3.05) is 6.54 Å². The molecule has 1 aliphatic rings. The Kier molecular flexibility index (Phi) is 12.7. The second kappa shape index (κ2) is 13.8. The quantitative estimate of drug-likeness (QED) is 0.307. The second-order valence-corrected chi connectivity index (χ2v) is 8.42. The van der Waals surface area contributed by atoms with Crippen molar-refractivity contribution in [1.29, 1.82) is 0 Å². The predicted molar refractivity (Wildman–Crippen MR) is 105 cm³/mol. The Balaban J connectivity index is 2.35. The minimum atomic E-state index is -4.09. The van der Waals surface area contributed by atoms with Crippen molar-refractivity contribution in [3.8, 4) is 0 Å². The smallest absolute Gasteiger partial charge is 0.306 e. The molecule has 1 rings (SSSR count). The molecule has 0 saturated heterocycles. The maximum atomic E-state index is 12.4. The lowest BCUT2D eigenvalue weighted by Crippen LogP contribution is -2.40. The number of unbranched alkanes of at least 4 members (excludes halogenated alkanes) is 7. The summed E-state index contributed by atoms with van der Waals surface area (Å²) in [7, 11) is 0. The zero-order chi connectivity index (χ0) is 19.3. The molecular weight excluding hydrogens is 335 g/mol. The van der Waals surface area contributed by atoms with E-state index >= 15 is 0 Å². The summed E-state index contributed by atoms with van der Waals surface area (Å²) in [4.78, 5) is 0. The Hall–Kier alpha value is -0.250. The zero-order valence-electron chi connectivity index (χ0n) is 17.2. The number of hydrogen-bond donors (Lipinski definition) is 1. The van der Waals surface area contributed by atoms with Gasteiger partial charge in [0, 0.05) is 6.04 Å². The van der Waals surface area contributed by atoms with Crippen LogP contribution in [0.5, 0.6) is 0 Å². The van der Waals surface area contributed by atoms with Gasteiger partial charge in [-0.2, -0.15) is 13.2 Å². The average molecular weight is 378 g/mol. The molecule has 0 bridgehead atoms. The minimum Gasteiger partial charge on any atom is -0.306 e. The van der Waals surface area contributed by atoms with E-state index in [2.05, 4.69) is 19.2 Å². The van der Waals surface area contributed by atoms with Crippen molar-refractivity contribution >= 4 is 0 Å². The van der Waals surface area contributed by atoms with E-state index in [0.717, 1.165) is 37.5 Å². The van der Waals surface area contributed by atoms with Gasteiger partial charge in [0.2, 0.25) is 0 Å². The fourth-order valence-corrected chi connectivity index (χ4v) is 4.51. The van der Waals surface area contributed by atoms with Gasteiger partial charge in [0.05, 0.1) is 6.54 Å². The van der Waals surface area contributed by atoms with Crippen LogP contribution < -0.4 is 5.32 Å². The van der Waals surface area contributed by atoms with Gasteiger partial charge in [0.25, 0.3) is 0 Å². The molecule has 0 radical (unpaired) electrons. The van der Waals surface area contributed by atoms with E-state index in [9.17, 15) is 13.2 Å². The van der Waals surface area contributed by atoms with Gasteiger partial charge in [-0.15, -0.1) is 0 Å². The van der Waals surface area contributed by atoms with Crippen molar-refractivity contribution in [1.82, 2.24) is 5.32 Å². The van der Waals surface area contributed by atoms with Gasteiger partial charge in [-0.3, -0.25) is 0 Å². The lowest BCUT2D eigenvalue weighted by Gasteiger charge is -2.35. The molecule has 0 heterocycles. The first kappa shape index (κ1) is 23.8. The normalized spacial score (nSPS) is 22.5. The van der Waals surface area contributed by atoms with Gasteiger partial charge >= 0.3 is 6.18 Å². The summed E-state index contributed by atoms with van der Waals surface area (Å²) in [6.45, 7) is 3.67. The maximum absolute atomic E-state index is 12.4. The maximum Gasteiger partial charge on any atom is 0.401 e. The monoisotopic (exact) mass is 377 g/mol. The first-order valence-electron chi connectivity index (χ1n) is 11.3. The van der Waals surface area contributed by atoms with Crippen LogP contribution in [0.15, 0.2) is 0 Å². The van der Waals surface area contributed by atoms with Gasteiger partial charge < -0.3 is 5.32 Å². The number of rotatable bonds is 14. The molecule has 1 fully saturated rings. The Morgan fingerprint density at radius 3 is 1.77 bits per heavy atom. The molecule has 1 aliphatic carbocycles. The van der Waals surface area contributed by atoms with E-state index in [1.165, 1.54) is 70.6 Å². The summed E-state index contributed by atoms with van der Waals surface area (Å²) < 4.78 is 37.1. The zero-order valence-corrected chi connectivity index (χ0v) is 17.2. The van der Waals surface area contributed by atoms with Crippen molar-refractivity contribution in [2.45, 2.75) is 122 Å². The molecule has 1 N–H and O–H groups in total. The standard InChI is InChI=1S/C22H42F3N/c1-3-5-7-9-11-13-19(12-10-8-6-4-2)20-14-16-21(17-15-20)26-18-22(23,24)25/h19-21,26H,3-18H2,1-2H3. The molecule has 1 atom stereocenters. The van der Waals surface area contributed by atoms with E-state index < -0.39 is 12.7 Å². The van der Waals surface area contributed by atoms with Crippen LogP contribution in [0.25, 0.3) is 0 Å². The molecular formula is C22H42F3N. The fraction of sp³-hybridized carbons (Fsp3) is 1.00. The molecule has 0 aromatic heterocycles. The summed E-state index contributed by atoms with van der Waals surface area (Å²) >= 11 is 0. The molecule has 0 spiro atoms. The number of halogens is 3. The summed E-state index contributed by atoms with van der Waals surface area (Å²) in [5.41, 5.74) is 0. The highest BCUT2D eigenvalue weighted by Gasteiger charge is 2.31. The van der Waals surface area contributed by atoms with Gasteiger partial charge in [-0.05, 0) is 37.5 Å². The molecule has 1 nitrogen and oxygen atoms in total. The van der Waals surface area contributed by atoms with Crippen LogP contribution in [0.3, 0.4) is 0 Å². The minimum absolute atomic E-state index is 0.0678. The third kappa shape index (κ3) is 11.5. The first-order chi connectivity index (χ1) is 12.5. The van der Waals surface area contributed by atoms with Gasteiger partial charge in [-0.1, -0.05) is 84.5 Å². The number of nitrogens with one attached hydrogen (secondary N) is 1. The van der Waals surface area contributed by atoms with E-state index in [-0.39, 0.29) is 6.04 Å². The lowest BCUT2D eigenvalue weighted by molar-refractivity contribution is -0.126. The molecule has 0 aromatic rings. The third-order valence-corrected chi connectivity index (χ3v) is 6.14. The topological polar surface area (TPSA) is 12.0 Å². The fourth-order valence-electron chi connectivity index (χ4n) is 4.51. The van der Waals surface area contributed by atoms with Crippen molar-refractivity contribution in [2.24, 2.45) is 11.8 Å². The van der Waals surface area contributed by atoms with E-state index in [0.29, 0.717) is 0 Å². The summed E-state index contributed by atoms with van der Waals surface area (Å²) in [6, 6.07) is 0.0678. The third-order valence-electron chi connectivity index (χ3n) is 6.14. The molecule has 4 heteroatoms. The molecule has 0 aliphatic heterocycles. The second-order valence-electron chi connectivity index (χ2n) is 8.42. The first-order valence-corrected chi connectivity index (χ1v) is 11.3. The molecule has 1 saturated carbocycles. The van der Waals surface area contributed by atoms with E-state index in [1.54, 1.807) is 0 Å². The van der Waals surface area contributed by atoms with E-state index in [1.807, 2.05) is 0 Å². The van der Waals surface area contributed by atoms with Gasteiger partial charge in [0.1, 0.15) is 0 Å². The molecule has 156 valence electrons. The molecule has 0 aromatic carbocycles. The average Bonchev–Trinajstić information content (AvgIpc) is 2.61. The van der Waals surface area contributed by atoms with E-state index in [4.69, 9.17) is 0 Å². The summed E-state index contributed by atoms with van der Waals surface area (Å²) in [5.74, 6) is 1.55. The van der Waals surface area contributed by atoms with Crippen LogP contribution in [-0.2, 0) is 0 Å². The van der Waals surface area contributed by atoms with Crippen LogP contribution in [0.1, 0.15) is 110 Å². The van der Waals surface area contributed by atoms with Gasteiger partial charge in [-0.25, -0.2) is 0 Å². The number of hydrogen-bond acceptors (Lipinski definition) is 1. The highest BCUT2D eigenvalue weighted by atomic mass is 19.4. The Labute approximate surface area is 159 Å². The Morgan fingerprint density at radius 2 is 1.27 bits per heavy atom. The summed E-state index contributed by atoms with van der Waals surface area (Å²) in [6.07, 6.45) is 14.6. The van der Waals surface area contributed by atoms with Crippen LogP contribution in [-0.4, -0.2) is 18.8 Å². The van der Waals surface area contributed by atoms with Gasteiger partial charge in [0.15, 0.2) is 0 Å². The number of alkyl halides is 3. The predicted octanol–water partition coefficient (Wildman–Crippen LogP) is 7.64. The SMILES string of the molecule is CCCCCCCC(CCCCCC)C1CCC(NCC(F)(F)F)CC1. The summed E-state index contributed by atoms with van der Waals surface area (Å²) in [5, 5.41) is 2.72. The molecule has 1 unspecified atom stereocenters. The van der Waals surface area contributed by atoms with Crippen LogP contribution >= 0.6 is 0 Å². The van der Waals surface area contributed by atoms with Crippen molar-refractivity contribution < 1.29 is 13.2 Å². The largest absolute Gasteiger partial charge is 0.401 e.